The molecule has 6 heavy (non-hydrogen) atoms. The van der Waals surface area contributed by atoms with E-state index in [0.717, 1.165) is 0 Å². The monoisotopic (exact) mass is 153 g/mol. The maximum Gasteiger partial charge on any atom is 0.228 e. The molecule has 38 valence electrons. The van der Waals surface area contributed by atoms with E-state index in [9.17, 15) is 4.79 Å². The lowest BCUT2D eigenvalue weighted by Crippen LogP contribution is -2.10. The third-order valence-electron chi connectivity index (χ3n) is 0.132. The van der Waals surface area contributed by atoms with E-state index in [4.69, 9.17) is 0 Å². The van der Waals surface area contributed by atoms with Crippen LogP contribution in [0.15, 0.2) is 0 Å². The fraction of sp³-hybridized carbons (Fsp3) is 0.667. The Morgan fingerprint density at radius 3 is 2.00 bits per heavy atom. The molecule has 0 saturated carbocycles. The van der Waals surface area contributed by atoms with Gasteiger partial charge in [0.2, 0.25) is 5.91 Å². The van der Waals surface area contributed by atoms with E-state index >= 15 is 0 Å². The van der Waals surface area contributed by atoms with E-state index in [0.29, 0.717) is 0 Å². The topological polar surface area (TPSA) is 43.1 Å². The van der Waals surface area contributed by atoms with Crippen molar-refractivity contribution in [3.05, 3.63) is 0 Å². The minimum atomic E-state index is -0.329. The largest absolute Gasteiger partial charge is 0.369 e. The highest BCUT2D eigenvalue weighted by Crippen LogP contribution is 1.71. The highest BCUT2D eigenvalue weighted by molar-refractivity contribution is 9.09. The molecule has 0 aliphatic rings. The third kappa shape index (κ3) is 9.04. The molecule has 2 N–H and O–H groups in total. The van der Waals surface area contributed by atoms with Crippen LogP contribution in [0.3, 0.4) is 0 Å². The molecule has 0 bridgehead atoms. The zero-order valence-electron chi connectivity index (χ0n) is 2.57. The second-order valence-electron chi connectivity index (χ2n) is 0.600. The average molecular weight is 154 g/mol. The Morgan fingerprint density at radius 1 is 1.83 bits per heavy atom. The highest BCUT2D eigenvalue weighted by atomic mass is 79.9. The fourth-order valence-electron chi connectivity index (χ4n) is 0. The van der Waals surface area contributed by atoms with E-state index in [1.54, 1.807) is 0 Å². The van der Waals surface area contributed by atoms with Gasteiger partial charge in [0.05, 0.1) is 5.33 Å². The lowest BCUT2D eigenvalue weighted by Gasteiger charge is -1.71. The van der Waals surface area contributed by atoms with Crippen molar-refractivity contribution in [2.45, 2.75) is 7.43 Å². The minimum Gasteiger partial charge on any atom is -0.369 e. The Hall–Kier alpha value is -0.0500. The summed E-state index contributed by atoms with van der Waals surface area (Å²) >= 11 is 2.84. The number of primary amides is 1. The molecule has 0 aliphatic carbocycles. The number of hydrogen-bond acceptors (Lipinski definition) is 1. The minimum absolute atomic E-state index is 0. The molecular formula is C3H8BrNO. The van der Waals surface area contributed by atoms with Crippen molar-refractivity contribution < 1.29 is 4.79 Å². The van der Waals surface area contributed by atoms with E-state index < -0.39 is 0 Å². The molecule has 0 heterocycles. The summed E-state index contributed by atoms with van der Waals surface area (Å²) in [6.07, 6.45) is 0. The number of alkyl halides is 1. The summed E-state index contributed by atoms with van der Waals surface area (Å²) in [5, 5.41) is 0.257. The van der Waals surface area contributed by atoms with Gasteiger partial charge < -0.3 is 5.73 Å². The predicted octanol–water partition coefficient (Wildman–Crippen LogP) is 0.503. The van der Waals surface area contributed by atoms with Crippen molar-refractivity contribution in [3.8, 4) is 0 Å². The van der Waals surface area contributed by atoms with Gasteiger partial charge in [-0.05, 0) is 0 Å². The first-order valence-corrected chi connectivity index (χ1v) is 2.24. The van der Waals surface area contributed by atoms with Crippen molar-refractivity contribution in [3.63, 3.8) is 0 Å². The van der Waals surface area contributed by atoms with Crippen LogP contribution >= 0.6 is 15.9 Å². The number of amides is 1. The quantitative estimate of drug-likeness (QED) is 0.549. The molecule has 1 amide bonds. The van der Waals surface area contributed by atoms with E-state index in [1.165, 1.54) is 0 Å². The van der Waals surface area contributed by atoms with Crippen LogP contribution < -0.4 is 5.73 Å². The van der Waals surface area contributed by atoms with Crippen LogP contribution in [0.1, 0.15) is 7.43 Å². The molecule has 0 rings (SSSR count). The Morgan fingerprint density at radius 2 is 2.00 bits per heavy atom. The second kappa shape index (κ2) is 4.95. The molecule has 0 radical (unpaired) electrons. The summed E-state index contributed by atoms with van der Waals surface area (Å²) in [5.74, 6) is -0.329. The van der Waals surface area contributed by atoms with Gasteiger partial charge in [0.25, 0.3) is 0 Å². The van der Waals surface area contributed by atoms with Gasteiger partial charge in [-0.25, -0.2) is 0 Å². The van der Waals surface area contributed by atoms with Crippen molar-refractivity contribution in [2.24, 2.45) is 5.73 Å². The second-order valence-corrected chi connectivity index (χ2v) is 1.16. The van der Waals surface area contributed by atoms with Gasteiger partial charge in [-0.15, -0.1) is 0 Å². The number of halogens is 1. The molecule has 2 nitrogen and oxygen atoms in total. The third-order valence-corrected chi connectivity index (χ3v) is 0.684. The summed E-state index contributed by atoms with van der Waals surface area (Å²) in [7, 11) is 0. The molecule has 0 saturated heterocycles. The Balaban J connectivity index is 0. The SMILES string of the molecule is C.NC(=O)CBr. The smallest absolute Gasteiger partial charge is 0.228 e. The normalized spacial score (nSPS) is 6.17. The summed E-state index contributed by atoms with van der Waals surface area (Å²) in [6, 6.07) is 0. The molecule has 0 aromatic heterocycles. The van der Waals surface area contributed by atoms with Crippen molar-refractivity contribution in [2.75, 3.05) is 5.33 Å². The van der Waals surface area contributed by atoms with Gasteiger partial charge in [-0.1, -0.05) is 23.4 Å². The molecule has 3 heteroatoms. The lowest BCUT2D eigenvalue weighted by atomic mass is 10.8. The highest BCUT2D eigenvalue weighted by Gasteiger charge is 1.79. The van der Waals surface area contributed by atoms with E-state index in [2.05, 4.69) is 21.7 Å². The first kappa shape index (κ1) is 9.34. The number of hydrogen-bond donors (Lipinski definition) is 1. The Labute approximate surface area is 45.8 Å². The van der Waals surface area contributed by atoms with Crippen LogP contribution in [0.25, 0.3) is 0 Å². The van der Waals surface area contributed by atoms with Crippen LogP contribution in [-0.2, 0) is 4.79 Å². The summed E-state index contributed by atoms with van der Waals surface area (Å²) in [6.45, 7) is 0. The van der Waals surface area contributed by atoms with E-state index in [-0.39, 0.29) is 18.7 Å². The maximum absolute atomic E-state index is 9.54. The summed E-state index contributed by atoms with van der Waals surface area (Å²) in [5.41, 5.74) is 4.61. The molecular weight excluding hydrogens is 146 g/mol. The average Bonchev–Trinajstić information content (AvgIpc) is 1.38. The van der Waals surface area contributed by atoms with Crippen LogP contribution in [0, 0.1) is 0 Å². The zero-order chi connectivity index (χ0) is 4.28. The predicted molar refractivity (Wildman–Crippen MR) is 29.7 cm³/mol. The number of rotatable bonds is 1. The number of carbonyl (C=O) groups is 1. The van der Waals surface area contributed by atoms with Crippen molar-refractivity contribution in [1.82, 2.24) is 0 Å². The first-order chi connectivity index (χ1) is 2.27. The van der Waals surface area contributed by atoms with Crippen molar-refractivity contribution >= 4 is 21.8 Å². The Bertz CT molecular complexity index is 46.1. The van der Waals surface area contributed by atoms with Gasteiger partial charge in [0.1, 0.15) is 0 Å². The van der Waals surface area contributed by atoms with Gasteiger partial charge in [0.15, 0.2) is 0 Å². The molecule has 0 aromatic rings. The van der Waals surface area contributed by atoms with E-state index in [1.807, 2.05) is 0 Å². The summed E-state index contributed by atoms with van der Waals surface area (Å²) in [4.78, 5) is 9.54. The van der Waals surface area contributed by atoms with Gasteiger partial charge >= 0.3 is 0 Å². The molecule has 0 fully saturated rings. The van der Waals surface area contributed by atoms with Crippen LogP contribution in [-0.4, -0.2) is 11.2 Å². The zero-order valence-corrected chi connectivity index (χ0v) is 4.16. The van der Waals surface area contributed by atoms with Gasteiger partial charge in [0, 0.05) is 0 Å². The lowest BCUT2D eigenvalue weighted by molar-refractivity contribution is -0.115. The van der Waals surface area contributed by atoms with Gasteiger partial charge in [-0.2, -0.15) is 0 Å². The molecule has 0 aromatic carbocycles. The summed E-state index contributed by atoms with van der Waals surface area (Å²) < 4.78 is 0. The molecule has 0 aliphatic heterocycles. The molecule has 0 atom stereocenters. The maximum atomic E-state index is 9.54. The first-order valence-electron chi connectivity index (χ1n) is 1.11. The molecule has 0 unspecified atom stereocenters. The van der Waals surface area contributed by atoms with Crippen LogP contribution in [0.4, 0.5) is 0 Å². The Kier molecular flexibility index (Phi) is 7.71. The number of nitrogens with two attached hydrogens (primary N) is 1. The fourth-order valence-corrected chi connectivity index (χ4v) is 0. The van der Waals surface area contributed by atoms with Gasteiger partial charge in [-0.3, -0.25) is 4.79 Å². The van der Waals surface area contributed by atoms with Crippen LogP contribution in [0.5, 0.6) is 0 Å². The van der Waals surface area contributed by atoms with Crippen molar-refractivity contribution in [1.29, 1.82) is 0 Å². The number of carbonyl (C=O) groups excluding carboxylic acids is 1. The van der Waals surface area contributed by atoms with Crippen LogP contribution in [0.2, 0.25) is 0 Å². The molecule has 0 spiro atoms. The standard InChI is InChI=1S/C2H4BrNO.CH4/c3-1-2(4)5;/h1H2,(H2,4,5);1H4.